The third kappa shape index (κ3) is 2.93. The summed E-state index contributed by atoms with van der Waals surface area (Å²) in [6.45, 7) is 1.06. The molecule has 1 aromatic carbocycles. The van der Waals surface area contributed by atoms with E-state index in [2.05, 4.69) is 20.3 Å². The number of nitro groups is 1. The van der Waals surface area contributed by atoms with Gasteiger partial charge >= 0.3 is 0 Å². The Balaban J connectivity index is 1.58. The van der Waals surface area contributed by atoms with E-state index in [1.54, 1.807) is 7.05 Å². The minimum absolute atomic E-state index is 0.167. The van der Waals surface area contributed by atoms with Crippen molar-refractivity contribution >= 4 is 32.7 Å². The predicted molar refractivity (Wildman–Crippen MR) is 98.2 cm³/mol. The van der Waals surface area contributed by atoms with Crippen molar-refractivity contribution in [2.45, 2.75) is 4.90 Å². The fourth-order valence-corrected chi connectivity index (χ4v) is 4.76. The third-order valence-corrected chi connectivity index (χ3v) is 6.53. The first-order valence-corrected chi connectivity index (χ1v) is 9.82. The Kier molecular flexibility index (Phi) is 4.39. The van der Waals surface area contributed by atoms with Gasteiger partial charge in [-0.2, -0.15) is 4.31 Å². The van der Waals surface area contributed by atoms with Crippen molar-refractivity contribution in [3.63, 3.8) is 0 Å². The van der Waals surface area contributed by atoms with E-state index >= 15 is 0 Å². The van der Waals surface area contributed by atoms with Crippen LogP contribution in [0, 0.1) is 10.1 Å². The summed E-state index contributed by atoms with van der Waals surface area (Å²) in [5.41, 5.74) is 0.696. The van der Waals surface area contributed by atoms with Crippen LogP contribution in [0.2, 0.25) is 0 Å². The molecule has 3 aromatic rings. The standard InChI is InChI=1S/C15H16N8O4S/c1-20-14-13(18-19-20)15(17-10-16-14)21-6-8-22(9-7-21)28(26,27)12-5-3-2-4-11(12)23(24)25/h2-5,10H,6-9H2,1H3. The van der Waals surface area contributed by atoms with E-state index < -0.39 is 20.6 Å². The van der Waals surface area contributed by atoms with E-state index in [4.69, 9.17) is 0 Å². The lowest BCUT2D eigenvalue weighted by Gasteiger charge is -2.34. The number of piperazine rings is 1. The molecule has 146 valence electrons. The molecule has 0 N–H and O–H groups in total. The van der Waals surface area contributed by atoms with E-state index in [1.807, 2.05) is 4.90 Å². The largest absolute Gasteiger partial charge is 0.352 e. The van der Waals surface area contributed by atoms with Gasteiger partial charge in [-0.15, -0.1) is 5.10 Å². The van der Waals surface area contributed by atoms with E-state index in [0.717, 1.165) is 0 Å². The number of para-hydroxylation sites is 1. The van der Waals surface area contributed by atoms with Crippen LogP contribution < -0.4 is 4.90 Å². The molecular weight excluding hydrogens is 388 g/mol. The van der Waals surface area contributed by atoms with Crippen LogP contribution in [0.25, 0.3) is 11.2 Å². The summed E-state index contributed by atoms with van der Waals surface area (Å²) >= 11 is 0. The Labute approximate surface area is 159 Å². The second kappa shape index (κ2) is 6.76. The first-order chi connectivity index (χ1) is 13.4. The van der Waals surface area contributed by atoms with Gasteiger partial charge in [-0.1, -0.05) is 17.3 Å². The second-order valence-electron chi connectivity index (χ2n) is 6.20. The Morgan fingerprint density at radius 3 is 2.54 bits per heavy atom. The maximum Gasteiger partial charge on any atom is 0.289 e. The number of aryl methyl sites for hydroxylation is 1. The number of anilines is 1. The summed E-state index contributed by atoms with van der Waals surface area (Å²) in [4.78, 5) is 20.5. The number of nitro benzene ring substituents is 1. The van der Waals surface area contributed by atoms with Gasteiger partial charge in [0, 0.05) is 39.3 Å². The van der Waals surface area contributed by atoms with Crippen molar-refractivity contribution < 1.29 is 13.3 Å². The van der Waals surface area contributed by atoms with Crippen LogP contribution in [0.5, 0.6) is 0 Å². The second-order valence-corrected chi connectivity index (χ2v) is 8.10. The van der Waals surface area contributed by atoms with E-state index in [9.17, 15) is 18.5 Å². The number of benzene rings is 1. The Hall–Kier alpha value is -3.19. The average molecular weight is 404 g/mol. The maximum atomic E-state index is 12.9. The van der Waals surface area contributed by atoms with Crippen LogP contribution in [0.1, 0.15) is 0 Å². The van der Waals surface area contributed by atoms with Crippen LogP contribution in [0.3, 0.4) is 0 Å². The molecule has 0 atom stereocenters. The minimum atomic E-state index is -3.98. The number of nitrogens with zero attached hydrogens (tertiary/aromatic N) is 8. The van der Waals surface area contributed by atoms with Crippen LogP contribution >= 0.6 is 0 Å². The lowest BCUT2D eigenvalue weighted by Crippen LogP contribution is -2.49. The van der Waals surface area contributed by atoms with Crippen LogP contribution in [0.15, 0.2) is 35.5 Å². The van der Waals surface area contributed by atoms with Gasteiger partial charge in [0.1, 0.15) is 6.33 Å². The lowest BCUT2D eigenvalue weighted by molar-refractivity contribution is -0.387. The number of fused-ring (bicyclic) bond motifs is 1. The van der Waals surface area contributed by atoms with Gasteiger partial charge in [-0.3, -0.25) is 10.1 Å². The van der Waals surface area contributed by atoms with Gasteiger partial charge in [0.05, 0.1) is 4.92 Å². The molecule has 4 rings (SSSR count). The average Bonchev–Trinajstić information content (AvgIpc) is 3.09. The van der Waals surface area contributed by atoms with Gasteiger partial charge < -0.3 is 4.90 Å². The zero-order chi connectivity index (χ0) is 19.9. The summed E-state index contributed by atoms with van der Waals surface area (Å²) in [6, 6.07) is 5.36. The molecule has 3 heterocycles. The Bertz CT molecular complexity index is 1150. The zero-order valence-corrected chi connectivity index (χ0v) is 15.7. The third-order valence-electron chi connectivity index (χ3n) is 4.59. The molecule has 12 nitrogen and oxygen atoms in total. The van der Waals surface area contributed by atoms with Crippen LogP contribution in [-0.2, 0) is 17.1 Å². The van der Waals surface area contributed by atoms with Crippen molar-refractivity contribution in [1.82, 2.24) is 29.3 Å². The highest BCUT2D eigenvalue weighted by molar-refractivity contribution is 7.89. The quantitative estimate of drug-likeness (QED) is 0.440. The van der Waals surface area contributed by atoms with Crippen LogP contribution in [-0.4, -0.2) is 68.8 Å². The summed E-state index contributed by atoms with van der Waals surface area (Å²) in [6.07, 6.45) is 1.41. The highest BCUT2D eigenvalue weighted by atomic mass is 32.2. The predicted octanol–water partition coefficient (Wildman–Crippen LogP) is 0.177. The van der Waals surface area contributed by atoms with Gasteiger partial charge in [0.15, 0.2) is 21.9 Å². The normalized spacial score (nSPS) is 15.8. The summed E-state index contributed by atoms with van der Waals surface area (Å²) < 4.78 is 28.6. The van der Waals surface area contributed by atoms with E-state index in [-0.39, 0.29) is 18.0 Å². The molecule has 2 aromatic heterocycles. The summed E-state index contributed by atoms with van der Waals surface area (Å²) in [5, 5.41) is 19.2. The fourth-order valence-electron chi connectivity index (χ4n) is 3.18. The molecule has 13 heteroatoms. The van der Waals surface area contributed by atoms with Gasteiger partial charge in [-0.25, -0.2) is 23.1 Å². The molecule has 0 aliphatic carbocycles. The topological polar surface area (TPSA) is 140 Å². The van der Waals surface area contributed by atoms with Crippen molar-refractivity contribution in [1.29, 1.82) is 0 Å². The number of hydrogen-bond acceptors (Lipinski definition) is 9. The SMILES string of the molecule is Cn1nnc2c(N3CCN(S(=O)(=O)c4ccccc4[N+](=O)[O-])CC3)ncnc21. The monoisotopic (exact) mass is 404 g/mol. The van der Waals surface area contributed by atoms with Gasteiger partial charge in [0.25, 0.3) is 5.69 Å². The molecule has 0 spiro atoms. The fraction of sp³-hybridized carbons (Fsp3) is 0.333. The molecule has 1 aliphatic heterocycles. The van der Waals surface area contributed by atoms with Crippen molar-refractivity contribution in [2.24, 2.45) is 7.05 Å². The number of sulfonamides is 1. The molecule has 0 unspecified atom stereocenters. The molecule has 0 radical (unpaired) electrons. The van der Waals surface area contributed by atoms with Gasteiger partial charge in [-0.05, 0) is 6.07 Å². The molecule has 1 aliphatic rings. The molecule has 0 saturated carbocycles. The Morgan fingerprint density at radius 2 is 1.82 bits per heavy atom. The molecule has 1 fully saturated rings. The van der Waals surface area contributed by atoms with Crippen molar-refractivity contribution in [2.75, 3.05) is 31.1 Å². The number of rotatable bonds is 4. The smallest absolute Gasteiger partial charge is 0.289 e. The molecule has 1 saturated heterocycles. The molecule has 28 heavy (non-hydrogen) atoms. The minimum Gasteiger partial charge on any atom is -0.352 e. The molecular formula is C15H16N8O4S. The highest BCUT2D eigenvalue weighted by Gasteiger charge is 2.34. The molecule has 0 amide bonds. The van der Waals surface area contributed by atoms with Gasteiger partial charge in [0.2, 0.25) is 10.0 Å². The Morgan fingerprint density at radius 1 is 1.11 bits per heavy atom. The maximum absolute atomic E-state index is 12.9. The van der Waals surface area contributed by atoms with Crippen LogP contribution in [0.4, 0.5) is 11.5 Å². The van der Waals surface area contributed by atoms with Crippen molar-refractivity contribution in [3.05, 3.63) is 40.7 Å². The summed E-state index contributed by atoms with van der Waals surface area (Å²) in [5.74, 6) is 0.584. The zero-order valence-electron chi connectivity index (χ0n) is 14.8. The molecule has 0 bridgehead atoms. The summed E-state index contributed by atoms with van der Waals surface area (Å²) in [7, 11) is -2.26. The number of hydrogen-bond donors (Lipinski definition) is 0. The first-order valence-electron chi connectivity index (χ1n) is 8.38. The van der Waals surface area contributed by atoms with Crippen molar-refractivity contribution in [3.8, 4) is 0 Å². The number of aromatic nitrogens is 5. The van der Waals surface area contributed by atoms with E-state index in [0.29, 0.717) is 30.1 Å². The highest BCUT2D eigenvalue weighted by Crippen LogP contribution is 2.28. The lowest BCUT2D eigenvalue weighted by atomic mass is 10.3. The first kappa shape index (κ1) is 18.2. The van der Waals surface area contributed by atoms with E-state index in [1.165, 1.54) is 39.6 Å².